The summed E-state index contributed by atoms with van der Waals surface area (Å²) in [7, 11) is 0. The van der Waals surface area contributed by atoms with E-state index >= 15 is 0 Å². The summed E-state index contributed by atoms with van der Waals surface area (Å²) in [5.74, 6) is -0.637. The lowest BCUT2D eigenvalue weighted by molar-refractivity contribution is -0.148. The molecule has 382 valence electrons. The van der Waals surface area contributed by atoms with Gasteiger partial charge in [-0.05, 0) is 83.1 Å². The van der Waals surface area contributed by atoms with Crippen molar-refractivity contribution in [1.82, 2.24) is 5.32 Å². The Kier molecular flexibility index (Phi) is 51.1. The highest BCUT2D eigenvalue weighted by molar-refractivity contribution is 5.78. The van der Waals surface area contributed by atoms with Crippen molar-refractivity contribution in [2.45, 2.75) is 289 Å². The number of carbonyl (C=O) groups is 2. The van der Waals surface area contributed by atoms with Crippen LogP contribution in [0.25, 0.3) is 0 Å². The van der Waals surface area contributed by atoms with Gasteiger partial charge in [-0.25, -0.2) is 0 Å². The average Bonchev–Trinajstić information content (AvgIpc) is 3.31. The zero-order valence-corrected chi connectivity index (χ0v) is 43.6. The van der Waals surface area contributed by atoms with E-state index in [0.717, 1.165) is 70.6 Å². The fourth-order valence-electron chi connectivity index (χ4n) is 8.20. The van der Waals surface area contributed by atoms with Crippen LogP contribution in [0.1, 0.15) is 271 Å². The first-order valence-electron chi connectivity index (χ1n) is 28.2. The summed E-state index contributed by atoms with van der Waals surface area (Å²) in [6.07, 6.45) is 68.6. The van der Waals surface area contributed by atoms with Gasteiger partial charge < -0.3 is 20.3 Å². The number of esters is 1. The van der Waals surface area contributed by atoms with Crippen LogP contribution in [0.2, 0.25) is 0 Å². The maximum Gasteiger partial charge on any atom is 0.306 e. The molecule has 0 spiro atoms. The van der Waals surface area contributed by atoms with Gasteiger partial charge in [-0.1, -0.05) is 248 Å². The molecule has 0 fully saturated rings. The van der Waals surface area contributed by atoms with Crippen molar-refractivity contribution in [2.24, 2.45) is 0 Å². The molecule has 66 heavy (non-hydrogen) atoms. The summed E-state index contributed by atoms with van der Waals surface area (Å²) >= 11 is 0. The molecule has 3 atom stereocenters. The molecular formula is C60H107NO5. The van der Waals surface area contributed by atoms with E-state index < -0.39 is 18.2 Å². The summed E-state index contributed by atoms with van der Waals surface area (Å²) in [4.78, 5) is 26.1. The van der Waals surface area contributed by atoms with Gasteiger partial charge in [-0.3, -0.25) is 9.59 Å². The maximum atomic E-state index is 13.2. The minimum atomic E-state index is -0.820. The average molecular weight is 923 g/mol. The van der Waals surface area contributed by atoms with Gasteiger partial charge in [0.1, 0.15) is 6.10 Å². The number of hydrogen-bond donors (Lipinski definition) is 3. The third-order valence-corrected chi connectivity index (χ3v) is 12.5. The minimum Gasteiger partial charge on any atom is -0.458 e. The second-order valence-corrected chi connectivity index (χ2v) is 19.0. The van der Waals surface area contributed by atoms with E-state index in [9.17, 15) is 19.8 Å². The van der Waals surface area contributed by atoms with Gasteiger partial charge in [0.2, 0.25) is 5.91 Å². The molecule has 1 amide bonds. The number of rotatable bonds is 50. The van der Waals surface area contributed by atoms with Crippen LogP contribution in [0.3, 0.4) is 0 Å². The highest BCUT2D eigenvalue weighted by Gasteiger charge is 2.23. The second-order valence-electron chi connectivity index (χ2n) is 19.0. The molecule has 0 aromatic rings. The number of unbranched alkanes of at least 4 members (excludes halogenated alkanes) is 28. The second kappa shape index (κ2) is 53.3. The first-order valence-corrected chi connectivity index (χ1v) is 28.2. The number of nitrogens with one attached hydrogen (secondary N) is 1. The molecule has 3 N–H and O–H groups in total. The van der Waals surface area contributed by atoms with Crippen LogP contribution in [0.5, 0.6) is 0 Å². The molecule has 3 unspecified atom stereocenters. The van der Waals surface area contributed by atoms with Crippen molar-refractivity contribution in [3.05, 3.63) is 72.9 Å². The predicted molar refractivity (Wildman–Crippen MR) is 287 cm³/mol. The fourth-order valence-corrected chi connectivity index (χ4v) is 8.20. The summed E-state index contributed by atoms with van der Waals surface area (Å²) < 4.78 is 5.83. The molecule has 0 saturated carbocycles. The van der Waals surface area contributed by atoms with Crippen molar-refractivity contribution in [1.29, 1.82) is 0 Å². The van der Waals surface area contributed by atoms with E-state index in [1.54, 1.807) is 0 Å². The van der Waals surface area contributed by atoms with Crippen LogP contribution >= 0.6 is 0 Å². The third kappa shape index (κ3) is 47.8. The van der Waals surface area contributed by atoms with E-state index in [2.05, 4.69) is 86.8 Å². The monoisotopic (exact) mass is 922 g/mol. The topological polar surface area (TPSA) is 95.9 Å². The fraction of sp³-hybridized carbons (Fsp3) is 0.767. The minimum absolute atomic E-state index is 0.0435. The van der Waals surface area contributed by atoms with Gasteiger partial charge >= 0.3 is 5.97 Å². The molecule has 0 saturated heterocycles. The Labute approximate surface area is 409 Å². The van der Waals surface area contributed by atoms with Crippen LogP contribution < -0.4 is 5.32 Å². The molecular weight excluding hydrogens is 815 g/mol. The molecule has 0 aliphatic rings. The smallest absolute Gasteiger partial charge is 0.306 e. The first-order chi connectivity index (χ1) is 32.5. The van der Waals surface area contributed by atoms with Crippen LogP contribution in [0.15, 0.2) is 72.9 Å². The van der Waals surface area contributed by atoms with Crippen LogP contribution in [0, 0.1) is 0 Å². The molecule has 0 heterocycles. The highest BCUT2D eigenvalue weighted by Crippen LogP contribution is 2.16. The number of hydrogen-bond acceptors (Lipinski definition) is 5. The highest BCUT2D eigenvalue weighted by atomic mass is 16.5. The van der Waals surface area contributed by atoms with E-state index in [1.807, 2.05) is 12.2 Å². The summed E-state index contributed by atoms with van der Waals surface area (Å²) in [5.41, 5.74) is 0. The largest absolute Gasteiger partial charge is 0.458 e. The molecule has 6 nitrogen and oxygen atoms in total. The Morgan fingerprint density at radius 1 is 0.455 bits per heavy atom. The van der Waals surface area contributed by atoms with E-state index in [1.165, 1.54) is 154 Å². The Morgan fingerprint density at radius 3 is 1.24 bits per heavy atom. The quantitative estimate of drug-likeness (QED) is 0.0321. The third-order valence-electron chi connectivity index (χ3n) is 12.5. The number of ether oxygens (including phenoxy) is 1. The molecule has 0 aromatic carbocycles. The summed E-state index contributed by atoms with van der Waals surface area (Å²) in [6, 6.07) is -0.742. The normalized spacial score (nSPS) is 13.7. The van der Waals surface area contributed by atoms with Crippen molar-refractivity contribution in [3.8, 4) is 0 Å². The Morgan fingerprint density at radius 2 is 0.803 bits per heavy atom. The van der Waals surface area contributed by atoms with Gasteiger partial charge in [0.15, 0.2) is 0 Å². The number of aliphatic hydroxyl groups is 2. The number of aliphatic hydroxyl groups excluding tert-OH is 2. The summed E-state index contributed by atoms with van der Waals surface area (Å²) in [6.45, 7) is 6.42. The van der Waals surface area contributed by atoms with Crippen molar-refractivity contribution < 1.29 is 24.5 Å². The van der Waals surface area contributed by atoms with Crippen molar-refractivity contribution in [3.63, 3.8) is 0 Å². The van der Waals surface area contributed by atoms with Gasteiger partial charge in [0.25, 0.3) is 0 Å². The van der Waals surface area contributed by atoms with Crippen molar-refractivity contribution >= 4 is 11.9 Å². The van der Waals surface area contributed by atoms with Gasteiger partial charge in [0, 0.05) is 6.42 Å². The van der Waals surface area contributed by atoms with Crippen LogP contribution in [-0.2, 0) is 14.3 Å². The Balaban J connectivity index is 4.58. The Bertz CT molecular complexity index is 1220. The molecule has 0 aromatic heterocycles. The van der Waals surface area contributed by atoms with Crippen LogP contribution in [-0.4, -0.2) is 46.9 Å². The predicted octanol–water partition coefficient (Wildman–Crippen LogP) is 17.3. The van der Waals surface area contributed by atoms with E-state index in [-0.39, 0.29) is 24.9 Å². The Hall–Kier alpha value is -2.70. The molecule has 0 bridgehead atoms. The lowest BCUT2D eigenvalue weighted by Crippen LogP contribution is -2.46. The van der Waals surface area contributed by atoms with Crippen molar-refractivity contribution in [2.75, 3.05) is 6.61 Å². The van der Waals surface area contributed by atoms with Crippen LogP contribution in [0.4, 0.5) is 0 Å². The molecule has 0 radical (unpaired) electrons. The lowest BCUT2D eigenvalue weighted by atomic mass is 10.0. The van der Waals surface area contributed by atoms with Gasteiger partial charge in [0.05, 0.1) is 25.2 Å². The molecule has 0 rings (SSSR count). The first kappa shape index (κ1) is 63.3. The van der Waals surface area contributed by atoms with Gasteiger partial charge in [-0.2, -0.15) is 0 Å². The zero-order valence-electron chi connectivity index (χ0n) is 43.6. The van der Waals surface area contributed by atoms with E-state index in [0.29, 0.717) is 19.3 Å². The zero-order chi connectivity index (χ0) is 48.1. The van der Waals surface area contributed by atoms with E-state index in [4.69, 9.17) is 4.74 Å². The molecule has 0 aliphatic carbocycles. The molecule has 0 aliphatic heterocycles. The number of carbonyl (C=O) groups excluding carboxylic acids is 2. The van der Waals surface area contributed by atoms with Gasteiger partial charge in [-0.15, -0.1) is 0 Å². The SMILES string of the molecule is CCCCC/C=C\C/C=C\C/C=C\C/C=C\CCCCCC(=O)OC(/C=C/C/C=C\CCCCCCCC)CC(=O)NC(CO)C(O)CCCCCCCCCCCCCCCCCCC. The molecule has 6 heteroatoms. The number of amides is 1. The number of allylic oxidation sites excluding steroid dienone is 11. The lowest BCUT2D eigenvalue weighted by Gasteiger charge is -2.23. The summed E-state index contributed by atoms with van der Waals surface area (Å²) in [5, 5.41) is 23.8. The standard InChI is InChI=1S/C60H107NO5/c1-4-7-10-13-16-19-22-24-26-28-29-31-33-35-38-41-44-47-50-53-60(65)66-56(51-48-45-42-39-36-21-18-15-12-9-6-3)54-59(64)61-57(55-62)58(63)52-49-46-43-40-37-34-32-30-27-25-23-20-17-14-11-8-5-2/h16,19,24,26,29,31,35,38-39,42,48,51,56-58,62-63H,4-15,17-18,20-23,25,27-28,30,32-34,36-37,40-41,43-47,49-50,52-55H2,1-3H3,(H,61,64)/b19-16-,26-24-,31-29-,38-35-,42-39-,51-48+. The maximum absolute atomic E-state index is 13.2.